The summed E-state index contributed by atoms with van der Waals surface area (Å²) in [7, 11) is 0. The fourth-order valence-corrected chi connectivity index (χ4v) is 3.75. The van der Waals surface area contributed by atoms with E-state index >= 15 is 0 Å². The third-order valence-electron chi connectivity index (χ3n) is 3.65. The standard InChI is InChI=1S/C17H29NO3S/c1-12(2)13(19)9-7-6-8-10-18-15(20)11-14(16(18)21)22-17(3,4)5/h12,14H,6-11H2,1-5H3. The summed E-state index contributed by atoms with van der Waals surface area (Å²) >= 11 is 1.57. The summed E-state index contributed by atoms with van der Waals surface area (Å²) in [5.74, 6) is 0.292. The van der Waals surface area contributed by atoms with Gasteiger partial charge in [-0.2, -0.15) is 0 Å². The highest BCUT2D eigenvalue weighted by Gasteiger charge is 2.40. The van der Waals surface area contributed by atoms with Crippen LogP contribution >= 0.6 is 11.8 Å². The summed E-state index contributed by atoms with van der Waals surface area (Å²) in [5.41, 5.74) is 0. The van der Waals surface area contributed by atoms with E-state index in [0.717, 1.165) is 19.3 Å². The quantitative estimate of drug-likeness (QED) is 0.506. The fourth-order valence-electron chi connectivity index (χ4n) is 2.44. The largest absolute Gasteiger partial charge is 0.299 e. The molecule has 1 aliphatic rings. The number of amides is 2. The molecule has 1 saturated heterocycles. The van der Waals surface area contributed by atoms with Crippen LogP contribution in [0.5, 0.6) is 0 Å². The lowest BCUT2D eigenvalue weighted by Crippen LogP contribution is -2.33. The van der Waals surface area contributed by atoms with Crippen LogP contribution in [0.15, 0.2) is 0 Å². The molecule has 5 heteroatoms. The smallest absolute Gasteiger partial charge is 0.242 e. The highest BCUT2D eigenvalue weighted by molar-refractivity contribution is 8.01. The van der Waals surface area contributed by atoms with E-state index in [2.05, 4.69) is 20.8 Å². The average molecular weight is 327 g/mol. The van der Waals surface area contributed by atoms with Crippen molar-refractivity contribution in [2.24, 2.45) is 5.92 Å². The van der Waals surface area contributed by atoms with E-state index in [9.17, 15) is 14.4 Å². The normalized spacial score (nSPS) is 19.4. The summed E-state index contributed by atoms with van der Waals surface area (Å²) in [6, 6.07) is 0. The summed E-state index contributed by atoms with van der Waals surface area (Å²) in [6.45, 7) is 10.5. The highest BCUT2D eigenvalue weighted by atomic mass is 32.2. The van der Waals surface area contributed by atoms with E-state index < -0.39 is 0 Å². The summed E-state index contributed by atoms with van der Waals surface area (Å²) in [6.07, 6.45) is 3.43. The Morgan fingerprint density at radius 3 is 2.41 bits per heavy atom. The minimum absolute atomic E-state index is 0.0200. The number of ketones is 1. The first-order valence-corrected chi connectivity index (χ1v) is 9.04. The Labute approximate surface area is 138 Å². The molecule has 0 saturated carbocycles. The van der Waals surface area contributed by atoms with Gasteiger partial charge in [0.25, 0.3) is 0 Å². The van der Waals surface area contributed by atoms with E-state index in [1.165, 1.54) is 4.90 Å². The molecule has 1 atom stereocenters. The van der Waals surface area contributed by atoms with E-state index in [-0.39, 0.29) is 33.5 Å². The van der Waals surface area contributed by atoms with Crippen LogP contribution in [0.1, 0.15) is 66.7 Å². The van der Waals surface area contributed by atoms with Gasteiger partial charge in [-0.3, -0.25) is 19.3 Å². The van der Waals surface area contributed by atoms with Gasteiger partial charge in [0.1, 0.15) is 5.78 Å². The van der Waals surface area contributed by atoms with Crippen LogP contribution in [0.2, 0.25) is 0 Å². The van der Waals surface area contributed by atoms with Gasteiger partial charge in [-0.25, -0.2) is 0 Å². The van der Waals surface area contributed by atoms with Gasteiger partial charge in [0.05, 0.1) is 5.25 Å². The van der Waals surface area contributed by atoms with Gasteiger partial charge in [0.2, 0.25) is 11.8 Å². The van der Waals surface area contributed by atoms with Gasteiger partial charge in [-0.1, -0.05) is 41.0 Å². The molecular formula is C17H29NO3S. The third-order valence-corrected chi connectivity index (χ3v) is 5.01. The molecule has 1 rings (SSSR count). The van der Waals surface area contributed by atoms with Gasteiger partial charge in [-0.05, 0) is 12.8 Å². The first kappa shape index (κ1) is 19.2. The molecule has 0 N–H and O–H groups in total. The third kappa shape index (κ3) is 6.11. The Bertz CT molecular complexity index is 426. The number of unbranched alkanes of at least 4 members (excludes halogenated alkanes) is 2. The Kier molecular flexibility index (Phi) is 7.10. The van der Waals surface area contributed by atoms with E-state index in [0.29, 0.717) is 19.4 Å². The van der Waals surface area contributed by atoms with Crippen LogP contribution < -0.4 is 0 Å². The number of nitrogens with zero attached hydrogens (tertiary/aromatic N) is 1. The maximum Gasteiger partial charge on any atom is 0.242 e. The number of hydrogen-bond donors (Lipinski definition) is 0. The molecule has 2 amide bonds. The second kappa shape index (κ2) is 8.14. The van der Waals surface area contributed by atoms with Crippen LogP contribution in [0.25, 0.3) is 0 Å². The molecule has 1 unspecified atom stereocenters. The first-order chi connectivity index (χ1) is 10.1. The fraction of sp³-hybridized carbons (Fsp3) is 0.824. The maximum absolute atomic E-state index is 12.3. The number of rotatable bonds is 8. The molecule has 4 nitrogen and oxygen atoms in total. The lowest BCUT2D eigenvalue weighted by atomic mass is 10.0. The number of Topliss-reactive ketones (excluding diaryl/α,β-unsaturated/α-hetero) is 1. The number of imide groups is 1. The van der Waals surface area contributed by atoms with Crippen molar-refractivity contribution < 1.29 is 14.4 Å². The van der Waals surface area contributed by atoms with Crippen LogP contribution in [-0.2, 0) is 14.4 Å². The van der Waals surface area contributed by atoms with Crippen molar-refractivity contribution >= 4 is 29.4 Å². The van der Waals surface area contributed by atoms with Crippen molar-refractivity contribution in [2.45, 2.75) is 76.7 Å². The second-order valence-corrected chi connectivity index (χ2v) is 9.27. The van der Waals surface area contributed by atoms with Crippen LogP contribution in [0, 0.1) is 5.92 Å². The lowest BCUT2D eigenvalue weighted by Gasteiger charge is -2.21. The van der Waals surface area contributed by atoms with Crippen molar-refractivity contribution in [2.75, 3.05) is 6.54 Å². The molecule has 0 aromatic heterocycles. The van der Waals surface area contributed by atoms with E-state index in [4.69, 9.17) is 0 Å². The Balaban J connectivity index is 2.33. The zero-order valence-electron chi connectivity index (χ0n) is 14.5. The van der Waals surface area contributed by atoms with E-state index in [1.54, 1.807) is 11.8 Å². The molecule has 1 fully saturated rings. The molecular weight excluding hydrogens is 298 g/mol. The Morgan fingerprint density at radius 2 is 1.86 bits per heavy atom. The minimum Gasteiger partial charge on any atom is -0.299 e. The molecule has 0 bridgehead atoms. The van der Waals surface area contributed by atoms with Crippen LogP contribution in [0.3, 0.4) is 0 Å². The monoisotopic (exact) mass is 327 g/mol. The van der Waals surface area contributed by atoms with Crippen molar-refractivity contribution in [3.05, 3.63) is 0 Å². The predicted octanol–water partition coefficient (Wildman–Crippen LogP) is 3.43. The molecule has 22 heavy (non-hydrogen) atoms. The van der Waals surface area contributed by atoms with Gasteiger partial charge in [-0.15, -0.1) is 11.8 Å². The molecule has 0 aromatic carbocycles. The van der Waals surface area contributed by atoms with Gasteiger partial charge in [0, 0.05) is 30.1 Å². The minimum atomic E-state index is -0.227. The molecule has 126 valence electrons. The van der Waals surface area contributed by atoms with Crippen LogP contribution in [-0.4, -0.2) is 39.0 Å². The van der Waals surface area contributed by atoms with Gasteiger partial charge in [0.15, 0.2) is 0 Å². The topological polar surface area (TPSA) is 54.5 Å². The number of thioether (sulfide) groups is 1. The SMILES string of the molecule is CC(C)C(=O)CCCCCN1C(=O)CC(SC(C)(C)C)C1=O. The van der Waals surface area contributed by atoms with Crippen molar-refractivity contribution in [3.8, 4) is 0 Å². The van der Waals surface area contributed by atoms with Crippen LogP contribution in [0.4, 0.5) is 0 Å². The molecule has 0 aromatic rings. The summed E-state index contributed by atoms with van der Waals surface area (Å²) in [4.78, 5) is 37.2. The molecule has 0 radical (unpaired) electrons. The van der Waals surface area contributed by atoms with Crippen molar-refractivity contribution in [1.82, 2.24) is 4.90 Å². The maximum atomic E-state index is 12.3. The predicted molar refractivity (Wildman–Crippen MR) is 90.8 cm³/mol. The van der Waals surface area contributed by atoms with Gasteiger partial charge < -0.3 is 0 Å². The summed E-state index contributed by atoms with van der Waals surface area (Å²) < 4.78 is -0.0200. The highest BCUT2D eigenvalue weighted by Crippen LogP contribution is 2.34. The average Bonchev–Trinajstić information content (AvgIpc) is 2.62. The first-order valence-electron chi connectivity index (χ1n) is 8.16. The molecule has 1 heterocycles. The van der Waals surface area contributed by atoms with Crippen molar-refractivity contribution in [3.63, 3.8) is 0 Å². The van der Waals surface area contributed by atoms with Crippen molar-refractivity contribution in [1.29, 1.82) is 0 Å². The number of likely N-dealkylation sites (tertiary alicyclic amines) is 1. The molecule has 1 aliphatic heterocycles. The molecule has 0 aliphatic carbocycles. The number of carbonyl (C=O) groups excluding carboxylic acids is 3. The van der Waals surface area contributed by atoms with Gasteiger partial charge >= 0.3 is 0 Å². The lowest BCUT2D eigenvalue weighted by molar-refractivity contribution is -0.138. The Hall–Kier alpha value is -0.840. The van der Waals surface area contributed by atoms with E-state index in [1.807, 2.05) is 13.8 Å². The number of hydrogen-bond acceptors (Lipinski definition) is 4. The zero-order valence-corrected chi connectivity index (χ0v) is 15.3. The summed E-state index contributed by atoms with van der Waals surface area (Å²) in [5, 5.41) is -0.227. The molecule has 0 spiro atoms. The second-order valence-electron chi connectivity index (χ2n) is 7.24. The zero-order chi connectivity index (χ0) is 16.9. The Morgan fingerprint density at radius 1 is 1.23 bits per heavy atom. The number of carbonyl (C=O) groups is 3.